The molecule has 142 valence electrons. The van der Waals surface area contributed by atoms with E-state index in [-0.39, 0.29) is 42.4 Å². The molecule has 0 aromatic heterocycles. The fourth-order valence-electron chi connectivity index (χ4n) is 8.22. The molecule has 26 heavy (non-hydrogen) atoms. The van der Waals surface area contributed by atoms with E-state index < -0.39 is 0 Å². The zero-order valence-corrected chi connectivity index (χ0v) is 15.8. The van der Waals surface area contributed by atoms with E-state index in [1.54, 1.807) is 0 Å². The largest absolute Gasteiger partial charge is 0.438 e. The fraction of sp³-hybridized carbons (Fsp3) is 0.864. The molecule has 0 radical (unpaired) electrons. The van der Waals surface area contributed by atoms with Gasteiger partial charge in [-0.3, -0.25) is 4.79 Å². The van der Waals surface area contributed by atoms with Crippen LogP contribution in [-0.2, 0) is 19.0 Å². The van der Waals surface area contributed by atoms with Crippen molar-refractivity contribution in [2.45, 2.75) is 64.3 Å². The Hall–Kier alpha value is -0.870. The molecule has 6 aliphatic rings. The zero-order chi connectivity index (χ0) is 17.6. The van der Waals surface area contributed by atoms with Crippen molar-refractivity contribution in [3.63, 3.8) is 0 Å². The van der Waals surface area contributed by atoms with Gasteiger partial charge in [0.2, 0.25) is 0 Å². The number of carbonyl (C=O) groups excluding carboxylic acids is 1. The summed E-state index contributed by atoms with van der Waals surface area (Å²) in [6, 6.07) is 0. The van der Waals surface area contributed by atoms with Crippen LogP contribution in [0.15, 0.2) is 12.2 Å². The van der Waals surface area contributed by atoms with Crippen LogP contribution in [0, 0.1) is 46.8 Å². The smallest absolute Gasteiger partial charge is 0.314 e. The third-order valence-corrected chi connectivity index (χ3v) is 9.09. The fourth-order valence-corrected chi connectivity index (χ4v) is 8.22. The van der Waals surface area contributed by atoms with E-state index in [1.807, 2.05) is 6.08 Å². The Morgan fingerprint density at radius 3 is 2.65 bits per heavy atom. The number of hydrogen-bond donors (Lipinski definition) is 0. The van der Waals surface area contributed by atoms with Gasteiger partial charge in [-0.15, -0.1) is 0 Å². The number of fused-ring (bicyclic) bond motifs is 11. The highest BCUT2D eigenvalue weighted by atomic mass is 16.7. The van der Waals surface area contributed by atoms with Crippen molar-refractivity contribution in [3.05, 3.63) is 12.2 Å². The van der Waals surface area contributed by atoms with E-state index in [0.29, 0.717) is 5.92 Å². The van der Waals surface area contributed by atoms with Crippen LogP contribution >= 0.6 is 0 Å². The summed E-state index contributed by atoms with van der Waals surface area (Å²) < 4.78 is 17.5. The van der Waals surface area contributed by atoms with Crippen LogP contribution in [0.5, 0.6) is 0 Å². The van der Waals surface area contributed by atoms with Crippen molar-refractivity contribution < 1.29 is 19.0 Å². The molecule has 2 heterocycles. The van der Waals surface area contributed by atoms with Gasteiger partial charge in [-0.25, -0.2) is 0 Å². The second kappa shape index (κ2) is 5.35. The van der Waals surface area contributed by atoms with Crippen LogP contribution in [0.4, 0.5) is 0 Å². The summed E-state index contributed by atoms with van der Waals surface area (Å²) in [6.07, 6.45) is 10.8. The molecule has 1 saturated heterocycles. The van der Waals surface area contributed by atoms with E-state index in [1.165, 1.54) is 25.7 Å². The van der Waals surface area contributed by atoms with Gasteiger partial charge in [-0.2, -0.15) is 0 Å². The highest BCUT2D eigenvalue weighted by Gasteiger charge is 2.68. The monoisotopic (exact) mass is 358 g/mol. The maximum atomic E-state index is 12.4. The van der Waals surface area contributed by atoms with Crippen LogP contribution in [0.1, 0.15) is 46.0 Å². The molecular weight excluding hydrogens is 328 g/mol. The topological polar surface area (TPSA) is 44.8 Å². The molecule has 0 aromatic carbocycles. The Balaban J connectivity index is 1.10. The highest BCUT2D eigenvalue weighted by Crippen LogP contribution is 2.72. The zero-order valence-electron chi connectivity index (χ0n) is 15.8. The van der Waals surface area contributed by atoms with Crippen LogP contribution in [0.25, 0.3) is 0 Å². The SMILES string of the molecule is CC1(C)C2CC(C3C4CCC(C4)C32)C1OCOC(=O)C1CC2C=CC1O2. The van der Waals surface area contributed by atoms with E-state index in [2.05, 4.69) is 19.9 Å². The van der Waals surface area contributed by atoms with Crippen LogP contribution < -0.4 is 0 Å². The van der Waals surface area contributed by atoms with Gasteiger partial charge in [-0.1, -0.05) is 26.0 Å². The predicted molar refractivity (Wildman–Crippen MR) is 94.9 cm³/mol. The molecule has 2 aliphatic heterocycles. The summed E-state index contributed by atoms with van der Waals surface area (Å²) in [5, 5.41) is 0. The minimum Gasteiger partial charge on any atom is -0.438 e. The lowest BCUT2D eigenvalue weighted by Gasteiger charge is -2.47. The van der Waals surface area contributed by atoms with Gasteiger partial charge in [0.05, 0.1) is 24.2 Å². The van der Waals surface area contributed by atoms with Crippen LogP contribution in [-0.4, -0.2) is 31.1 Å². The Labute approximate surface area is 155 Å². The highest BCUT2D eigenvalue weighted by molar-refractivity contribution is 5.74. The van der Waals surface area contributed by atoms with Crippen LogP contribution in [0.2, 0.25) is 0 Å². The third-order valence-electron chi connectivity index (χ3n) is 9.09. The summed E-state index contributed by atoms with van der Waals surface area (Å²) in [6.45, 7) is 4.89. The van der Waals surface area contributed by atoms with Gasteiger partial charge < -0.3 is 14.2 Å². The molecule has 0 N–H and O–H groups in total. The third kappa shape index (κ3) is 2.01. The molecule has 6 bridgehead atoms. The molecule has 10 atom stereocenters. The molecule has 0 spiro atoms. The molecule has 5 fully saturated rings. The number of hydrogen-bond acceptors (Lipinski definition) is 4. The number of carbonyl (C=O) groups is 1. The number of ether oxygens (including phenoxy) is 3. The molecular formula is C22H30O4. The first kappa shape index (κ1) is 16.1. The minimum atomic E-state index is -0.152. The van der Waals surface area contributed by atoms with E-state index >= 15 is 0 Å². The van der Waals surface area contributed by atoms with E-state index in [4.69, 9.17) is 14.2 Å². The molecule has 4 saturated carbocycles. The van der Waals surface area contributed by atoms with Gasteiger partial charge >= 0.3 is 5.97 Å². The van der Waals surface area contributed by atoms with Gasteiger partial charge in [0.1, 0.15) is 0 Å². The Bertz CT molecular complexity index is 655. The molecule has 6 rings (SSSR count). The van der Waals surface area contributed by atoms with Crippen molar-refractivity contribution in [1.82, 2.24) is 0 Å². The molecule has 0 aromatic rings. The van der Waals surface area contributed by atoms with Crippen molar-refractivity contribution >= 4 is 5.97 Å². The summed E-state index contributed by atoms with van der Waals surface area (Å²) in [7, 11) is 0. The average molecular weight is 358 g/mol. The van der Waals surface area contributed by atoms with Crippen molar-refractivity contribution in [3.8, 4) is 0 Å². The molecule has 10 unspecified atom stereocenters. The quantitative estimate of drug-likeness (QED) is 0.334. The molecule has 0 amide bonds. The Morgan fingerprint density at radius 2 is 1.92 bits per heavy atom. The maximum absolute atomic E-state index is 12.4. The average Bonchev–Trinajstić information content (AvgIpc) is 3.42. The summed E-state index contributed by atoms with van der Waals surface area (Å²) in [5.41, 5.74) is 0.209. The lowest BCUT2D eigenvalue weighted by molar-refractivity contribution is -0.183. The number of rotatable bonds is 4. The summed E-state index contributed by atoms with van der Waals surface area (Å²) >= 11 is 0. The predicted octanol–water partition coefficient (Wildman–Crippen LogP) is 3.55. The minimum absolute atomic E-state index is 0.0822. The van der Waals surface area contributed by atoms with Crippen molar-refractivity contribution in [2.24, 2.45) is 46.8 Å². The first-order valence-electron chi connectivity index (χ1n) is 10.7. The van der Waals surface area contributed by atoms with Gasteiger partial charge in [0.25, 0.3) is 0 Å². The Morgan fingerprint density at radius 1 is 1.12 bits per heavy atom. The lowest BCUT2D eigenvalue weighted by Crippen LogP contribution is -2.47. The standard InChI is InChI=1S/C22H30O4/c1-22(2)16-9-15(18-11-3-4-12(7-11)19(16)18)20(22)24-10-25-21(23)14-8-13-5-6-17(14)26-13/h5-6,11-20H,3-4,7-10H2,1-2H3. The first-order chi connectivity index (χ1) is 12.5. The Kier molecular flexibility index (Phi) is 3.32. The molecule has 4 aliphatic carbocycles. The number of esters is 1. The van der Waals surface area contributed by atoms with Gasteiger partial charge in [-0.05, 0) is 73.0 Å². The van der Waals surface area contributed by atoms with Crippen LogP contribution in [0.3, 0.4) is 0 Å². The normalized spacial score (nSPS) is 54.2. The van der Waals surface area contributed by atoms with Crippen molar-refractivity contribution in [2.75, 3.05) is 6.79 Å². The summed E-state index contributed by atoms with van der Waals surface area (Å²) in [5.74, 6) is 4.97. The van der Waals surface area contributed by atoms with E-state index in [9.17, 15) is 4.79 Å². The summed E-state index contributed by atoms with van der Waals surface area (Å²) in [4.78, 5) is 12.4. The maximum Gasteiger partial charge on any atom is 0.314 e. The second-order valence-corrected chi connectivity index (χ2v) is 10.4. The van der Waals surface area contributed by atoms with Gasteiger partial charge in [0.15, 0.2) is 6.79 Å². The van der Waals surface area contributed by atoms with E-state index in [0.717, 1.165) is 36.0 Å². The second-order valence-electron chi connectivity index (χ2n) is 10.4. The van der Waals surface area contributed by atoms with Crippen molar-refractivity contribution in [1.29, 1.82) is 0 Å². The molecule has 4 heteroatoms. The van der Waals surface area contributed by atoms with Gasteiger partial charge in [0, 0.05) is 0 Å². The first-order valence-corrected chi connectivity index (χ1v) is 10.7. The lowest BCUT2D eigenvalue weighted by atomic mass is 9.61. The molecule has 4 nitrogen and oxygen atoms in total.